The Morgan fingerprint density at radius 2 is 2.28 bits per heavy atom. The molecule has 18 heavy (non-hydrogen) atoms. The Labute approximate surface area is 112 Å². The first kappa shape index (κ1) is 13.2. The lowest BCUT2D eigenvalue weighted by molar-refractivity contribution is 0.183. The molecule has 3 nitrogen and oxygen atoms in total. The number of hydrogen-bond donors (Lipinski definition) is 1. The van der Waals surface area contributed by atoms with Crippen LogP contribution in [0.1, 0.15) is 37.9 Å². The fourth-order valence-electron chi connectivity index (χ4n) is 1.92. The van der Waals surface area contributed by atoms with Crippen LogP contribution in [0.4, 0.5) is 0 Å². The van der Waals surface area contributed by atoms with Gasteiger partial charge in [0.1, 0.15) is 5.75 Å². The van der Waals surface area contributed by atoms with E-state index in [0.717, 1.165) is 12.8 Å². The van der Waals surface area contributed by atoms with Gasteiger partial charge >= 0.3 is 0 Å². The van der Waals surface area contributed by atoms with Crippen LogP contribution in [0.25, 0.3) is 0 Å². The normalized spacial score (nSPS) is 17.9. The van der Waals surface area contributed by atoms with Gasteiger partial charge in [-0.05, 0) is 38.0 Å². The first-order valence-corrected chi connectivity index (χ1v) is 6.41. The summed E-state index contributed by atoms with van der Waals surface area (Å²) in [6, 6.07) is 7.43. The molecular weight excluding hydrogens is 250 g/mol. The Kier molecular flexibility index (Phi) is 3.79. The zero-order valence-corrected chi connectivity index (χ0v) is 11.1. The van der Waals surface area contributed by atoms with Crippen molar-refractivity contribution in [3.63, 3.8) is 0 Å². The second-order valence-electron chi connectivity index (χ2n) is 4.98. The van der Waals surface area contributed by atoms with E-state index in [-0.39, 0.29) is 5.41 Å². The van der Waals surface area contributed by atoms with Gasteiger partial charge in [0.25, 0.3) is 0 Å². The molecule has 0 unspecified atom stereocenters. The molecule has 4 heteroatoms. The van der Waals surface area contributed by atoms with Crippen molar-refractivity contribution in [1.29, 1.82) is 5.26 Å². The van der Waals surface area contributed by atoms with Crippen LogP contribution in [0.2, 0.25) is 5.02 Å². The van der Waals surface area contributed by atoms with E-state index in [0.29, 0.717) is 29.4 Å². The van der Waals surface area contributed by atoms with Gasteiger partial charge in [0, 0.05) is 22.4 Å². The van der Waals surface area contributed by atoms with Gasteiger partial charge in [-0.25, -0.2) is 0 Å². The van der Waals surface area contributed by atoms with Crippen molar-refractivity contribution in [2.24, 2.45) is 5.41 Å². The molecule has 0 aliphatic heterocycles. The van der Waals surface area contributed by atoms with E-state index in [1.807, 2.05) is 0 Å². The van der Waals surface area contributed by atoms with Crippen molar-refractivity contribution in [3.05, 3.63) is 28.8 Å². The quantitative estimate of drug-likeness (QED) is 0.887. The monoisotopic (exact) mass is 265 g/mol. The van der Waals surface area contributed by atoms with Crippen LogP contribution in [0.15, 0.2) is 18.2 Å². The topological polar surface area (TPSA) is 53.2 Å². The summed E-state index contributed by atoms with van der Waals surface area (Å²) in [5, 5.41) is 19.0. The zero-order valence-electron chi connectivity index (χ0n) is 10.3. The highest BCUT2D eigenvalue weighted by Crippen LogP contribution is 2.49. The number of aliphatic hydroxyl groups is 1. The molecule has 1 aromatic rings. The Bertz CT molecular complexity index is 475. The molecule has 1 atom stereocenters. The van der Waals surface area contributed by atoms with Crippen molar-refractivity contribution in [1.82, 2.24) is 0 Å². The highest BCUT2D eigenvalue weighted by atomic mass is 35.5. The molecule has 0 amide bonds. The fourth-order valence-corrected chi connectivity index (χ4v) is 2.11. The number of rotatable bonds is 5. The van der Waals surface area contributed by atoms with Crippen molar-refractivity contribution in [3.8, 4) is 11.8 Å². The van der Waals surface area contributed by atoms with E-state index in [9.17, 15) is 5.11 Å². The van der Waals surface area contributed by atoms with Crippen LogP contribution >= 0.6 is 11.6 Å². The van der Waals surface area contributed by atoms with Crippen LogP contribution in [0.3, 0.4) is 0 Å². The fraction of sp³-hybridized carbons (Fsp3) is 0.500. The minimum atomic E-state index is -0.621. The predicted octanol–water partition coefficient (Wildman–Crippen LogP) is 3.47. The second-order valence-corrected chi connectivity index (χ2v) is 5.42. The van der Waals surface area contributed by atoms with Gasteiger partial charge in [-0.3, -0.25) is 0 Å². The van der Waals surface area contributed by atoms with E-state index in [1.165, 1.54) is 0 Å². The van der Waals surface area contributed by atoms with Gasteiger partial charge in [-0.15, -0.1) is 0 Å². The molecule has 0 bridgehead atoms. The average Bonchev–Trinajstić information content (AvgIpc) is 3.08. The number of hydrogen-bond acceptors (Lipinski definition) is 3. The lowest BCUT2D eigenvalue weighted by Gasteiger charge is -2.17. The summed E-state index contributed by atoms with van der Waals surface area (Å²) < 4.78 is 5.76. The highest BCUT2D eigenvalue weighted by Gasteiger charge is 2.43. The maximum atomic E-state index is 9.69. The van der Waals surface area contributed by atoms with E-state index in [2.05, 4.69) is 6.07 Å². The number of ether oxygens (including phenoxy) is 1. The number of benzene rings is 1. The van der Waals surface area contributed by atoms with Crippen LogP contribution in [-0.2, 0) is 0 Å². The SMILES string of the molecule is C[C@@H](O)c1cc(Cl)ccc1OCC1(CC#N)CC1. The molecule has 96 valence electrons. The lowest BCUT2D eigenvalue weighted by atomic mass is 10.1. The summed E-state index contributed by atoms with van der Waals surface area (Å²) >= 11 is 5.90. The third-order valence-corrected chi connectivity index (χ3v) is 3.60. The molecule has 1 saturated carbocycles. The minimum Gasteiger partial charge on any atom is -0.493 e. The standard InChI is InChI=1S/C14H16ClNO2/c1-10(17)12-8-11(15)2-3-13(12)18-9-14(4-5-14)6-7-16/h2-3,8,10,17H,4-6,9H2,1H3/t10-/m1/s1. The maximum Gasteiger partial charge on any atom is 0.125 e. The minimum absolute atomic E-state index is 0.0321. The number of halogens is 1. The van der Waals surface area contributed by atoms with Gasteiger partial charge in [-0.1, -0.05) is 11.6 Å². The second kappa shape index (κ2) is 5.17. The summed E-state index contributed by atoms with van der Waals surface area (Å²) in [4.78, 5) is 0. The van der Waals surface area contributed by atoms with E-state index < -0.39 is 6.10 Å². The smallest absolute Gasteiger partial charge is 0.125 e. The van der Waals surface area contributed by atoms with Gasteiger partial charge in [-0.2, -0.15) is 5.26 Å². The maximum absolute atomic E-state index is 9.69. The summed E-state index contributed by atoms with van der Waals surface area (Å²) in [5.74, 6) is 0.651. The zero-order chi connectivity index (χ0) is 13.2. The Morgan fingerprint density at radius 3 is 2.83 bits per heavy atom. The summed E-state index contributed by atoms with van der Waals surface area (Å²) in [6.07, 6.45) is 1.99. The highest BCUT2D eigenvalue weighted by molar-refractivity contribution is 6.30. The third-order valence-electron chi connectivity index (χ3n) is 3.37. The molecule has 0 aromatic heterocycles. The van der Waals surface area contributed by atoms with Crippen LogP contribution in [0, 0.1) is 16.7 Å². The molecule has 0 radical (unpaired) electrons. The van der Waals surface area contributed by atoms with Crippen LogP contribution in [-0.4, -0.2) is 11.7 Å². The van der Waals surface area contributed by atoms with Crippen LogP contribution in [0.5, 0.6) is 5.75 Å². The summed E-state index contributed by atoms with van der Waals surface area (Å²) in [6.45, 7) is 2.21. The molecule has 1 aromatic carbocycles. The number of nitriles is 1. The van der Waals surface area contributed by atoms with Gasteiger partial charge in [0.15, 0.2) is 0 Å². The van der Waals surface area contributed by atoms with E-state index in [1.54, 1.807) is 25.1 Å². The van der Waals surface area contributed by atoms with Crippen molar-refractivity contribution < 1.29 is 9.84 Å². The van der Waals surface area contributed by atoms with Gasteiger partial charge in [0.05, 0.1) is 18.8 Å². The molecule has 1 aliphatic carbocycles. The first-order valence-electron chi connectivity index (χ1n) is 6.04. The molecule has 1 N–H and O–H groups in total. The predicted molar refractivity (Wildman–Crippen MR) is 69.5 cm³/mol. The molecule has 0 heterocycles. The Hall–Kier alpha value is -1.24. The third kappa shape index (κ3) is 2.95. The molecule has 0 spiro atoms. The first-order chi connectivity index (χ1) is 8.56. The van der Waals surface area contributed by atoms with Crippen molar-refractivity contribution in [2.45, 2.75) is 32.3 Å². The molecule has 2 rings (SSSR count). The van der Waals surface area contributed by atoms with E-state index in [4.69, 9.17) is 21.6 Å². The largest absolute Gasteiger partial charge is 0.493 e. The molecule has 0 saturated heterocycles. The Balaban J connectivity index is 2.08. The van der Waals surface area contributed by atoms with Gasteiger partial charge in [0.2, 0.25) is 0 Å². The summed E-state index contributed by atoms with van der Waals surface area (Å²) in [5.41, 5.74) is 0.722. The number of nitrogens with zero attached hydrogens (tertiary/aromatic N) is 1. The molecular formula is C14H16ClNO2. The van der Waals surface area contributed by atoms with Gasteiger partial charge < -0.3 is 9.84 Å². The van der Waals surface area contributed by atoms with Crippen molar-refractivity contribution in [2.75, 3.05) is 6.61 Å². The van der Waals surface area contributed by atoms with Crippen LogP contribution < -0.4 is 4.74 Å². The number of aliphatic hydroxyl groups excluding tert-OH is 1. The Morgan fingerprint density at radius 1 is 1.56 bits per heavy atom. The average molecular weight is 266 g/mol. The molecule has 1 fully saturated rings. The molecule has 1 aliphatic rings. The van der Waals surface area contributed by atoms with Crippen molar-refractivity contribution >= 4 is 11.6 Å². The lowest BCUT2D eigenvalue weighted by Crippen LogP contribution is -2.13. The summed E-state index contributed by atoms with van der Waals surface area (Å²) in [7, 11) is 0. The van der Waals surface area contributed by atoms with E-state index >= 15 is 0 Å².